The summed E-state index contributed by atoms with van der Waals surface area (Å²) in [7, 11) is -3.62. The molecule has 6 nitrogen and oxygen atoms in total. The number of halogens is 1. The molecule has 0 atom stereocenters. The summed E-state index contributed by atoms with van der Waals surface area (Å²) in [5.41, 5.74) is 2.70. The van der Waals surface area contributed by atoms with Gasteiger partial charge in [0, 0.05) is 29.8 Å². The first-order valence-electron chi connectivity index (χ1n) is 9.48. The molecule has 0 saturated heterocycles. The third-order valence-corrected chi connectivity index (χ3v) is 6.12. The van der Waals surface area contributed by atoms with E-state index in [1.165, 1.54) is 36.4 Å². The van der Waals surface area contributed by atoms with Crippen LogP contribution in [0.1, 0.15) is 37.7 Å². The Labute approximate surface area is 180 Å². The van der Waals surface area contributed by atoms with Crippen molar-refractivity contribution in [2.75, 3.05) is 12.9 Å². The highest BCUT2D eigenvalue weighted by Crippen LogP contribution is 2.20. The lowest BCUT2D eigenvalue weighted by Crippen LogP contribution is -2.17. The highest BCUT2D eigenvalue weighted by molar-refractivity contribution is 7.90. The topological polar surface area (TPSA) is 82.4 Å². The first kappa shape index (κ1) is 22.4. The molecule has 0 fully saturated rings. The van der Waals surface area contributed by atoms with Crippen molar-refractivity contribution in [3.8, 4) is 0 Å². The molecular formula is C23H22FNO5S. The van der Waals surface area contributed by atoms with Crippen molar-refractivity contribution >= 4 is 21.6 Å². The minimum absolute atomic E-state index is 0.111. The number of Topliss-reactive ketones (excluding diaryl/α,β-unsaturated/α-hetero) is 1. The maximum absolute atomic E-state index is 13.1. The van der Waals surface area contributed by atoms with Gasteiger partial charge in [0.25, 0.3) is 0 Å². The number of rotatable bonds is 7. The third-order valence-electron chi connectivity index (χ3n) is 4.97. The molecule has 3 aromatic rings. The van der Waals surface area contributed by atoms with Crippen LogP contribution < -0.4 is 0 Å². The van der Waals surface area contributed by atoms with Crippen molar-refractivity contribution in [1.82, 2.24) is 4.57 Å². The minimum atomic E-state index is -3.62. The second kappa shape index (κ2) is 8.85. The molecule has 3 rings (SSSR count). The van der Waals surface area contributed by atoms with Crippen LogP contribution in [0.2, 0.25) is 0 Å². The van der Waals surface area contributed by atoms with Gasteiger partial charge in [0.05, 0.1) is 10.5 Å². The van der Waals surface area contributed by atoms with Crippen LogP contribution in [0.3, 0.4) is 0 Å². The van der Waals surface area contributed by atoms with Crippen LogP contribution in [0.25, 0.3) is 0 Å². The van der Waals surface area contributed by atoms with Gasteiger partial charge in [0.15, 0.2) is 16.4 Å². The summed E-state index contributed by atoms with van der Waals surface area (Å²) in [4.78, 5) is 24.9. The lowest BCUT2D eigenvalue weighted by molar-refractivity contribution is 0.0470. The summed E-state index contributed by atoms with van der Waals surface area (Å²) >= 11 is 0. The standard InChI is InChI=1S/C23H22FNO5S/c1-15-12-20(16(2)25(15)13-17-8-10-18(24)11-9-17)21(26)14-30-23(27)19-6-4-5-7-22(19)31(3,28)29/h4-12H,13-14H2,1-3H3. The van der Waals surface area contributed by atoms with E-state index in [9.17, 15) is 22.4 Å². The molecule has 0 saturated carbocycles. The molecule has 0 aliphatic carbocycles. The first-order valence-corrected chi connectivity index (χ1v) is 11.4. The second-order valence-electron chi connectivity index (χ2n) is 7.27. The minimum Gasteiger partial charge on any atom is -0.454 e. The molecule has 31 heavy (non-hydrogen) atoms. The number of benzene rings is 2. The summed E-state index contributed by atoms with van der Waals surface area (Å²) in [6, 6.07) is 13.5. The van der Waals surface area contributed by atoms with Crippen molar-refractivity contribution in [1.29, 1.82) is 0 Å². The number of sulfone groups is 1. The zero-order chi connectivity index (χ0) is 22.8. The number of hydrogen-bond donors (Lipinski definition) is 0. The van der Waals surface area contributed by atoms with E-state index < -0.39 is 28.2 Å². The lowest BCUT2D eigenvalue weighted by Gasteiger charge is -2.10. The molecule has 0 radical (unpaired) electrons. The molecule has 0 bridgehead atoms. The summed E-state index contributed by atoms with van der Waals surface area (Å²) < 4.78 is 43.9. The van der Waals surface area contributed by atoms with E-state index in [2.05, 4.69) is 0 Å². The quantitative estimate of drug-likeness (QED) is 0.410. The van der Waals surface area contributed by atoms with Crippen molar-refractivity contribution < 1.29 is 27.1 Å². The van der Waals surface area contributed by atoms with E-state index >= 15 is 0 Å². The maximum Gasteiger partial charge on any atom is 0.339 e. The van der Waals surface area contributed by atoms with Crippen LogP contribution >= 0.6 is 0 Å². The number of carbonyl (C=O) groups is 2. The Hall–Kier alpha value is -3.26. The van der Waals surface area contributed by atoms with E-state index in [0.717, 1.165) is 17.5 Å². The fourth-order valence-corrected chi connectivity index (χ4v) is 4.22. The fourth-order valence-electron chi connectivity index (χ4n) is 3.34. The summed E-state index contributed by atoms with van der Waals surface area (Å²) in [5, 5.41) is 0. The van der Waals surface area contributed by atoms with Crippen LogP contribution in [0.4, 0.5) is 4.39 Å². The van der Waals surface area contributed by atoms with Gasteiger partial charge in [-0.15, -0.1) is 0 Å². The van der Waals surface area contributed by atoms with Crippen LogP contribution in [-0.2, 0) is 21.1 Å². The van der Waals surface area contributed by atoms with Crippen molar-refractivity contribution in [2.45, 2.75) is 25.3 Å². The number of hydrogen-bond acceptors (Lipinski definition) is 5. The first-order chi connectivity index (χ1) is 14.6. The monoisotopic (exact) mass is 443 g/mol. The molecule has 2 aromatic carbocycles. The Balaban J connectivity index is 1.75. The predicted molar refractivity (Wildman–Crippen MR) is 114 cm³/mol. The Morgan fingerprint density at radius 1 is 1.00 bits per heavy atom. The SMILES string of the molecule is Cc1cc(C(=O)COC(=O)c2ccccc2S(C)(=O)=O)c(C)n1Cc1ccc(F)cc1. The normalized spacial score (nSPS) is 11.4. The predicted octanol–water partition coefficient (Wildman–Crippen LogP) is 3.74. The molecule has 0 unspecified atom stereocenters. The van der Waals surface area contributed by atoms with E-state index in [1.807, 2.05) is 11.5 Å². The molecule has 8 heteroatoms. The van der Waals surface area contributed by atoms with Crippen LogP contribution in [-0.4, -0.2) is 37.6 Å². The number of carbonyl (C=O) groups excluding carboxylic acids is 2. The van der Waals surface area contributed by atoms with Crippen LogP contribution in [0.15, 0.2) is 59.5 Å². The summed E-state index contributed by atoms with van der Waals surface area (Å²) in [6.45, 7) is 3.58. The second-order valence-corrected chi connectivity index (χ2v) is 9.25. The van der Waals surface area contributed by atoms with Gasteiger partial charge in [-0.2, -0.15) is 0 Å². The maximum atomic E-state index is 13.1. The number of aryl methyl sites for hydroxylation is 1. The summed E-state index contributed by atoms with van der Waals surface area (Å²) in [6.07, 6.45) is 1.00. The molecule has 0 aliphatic heterocycles. The smallest absolute Gasteiger partial charge is 0.339 e. The fraction of sp³-hybridized carbons (Fsp3) is 0.217. The molecule has 0 spiro atoms. The van der Waals surface area contributed by atoms with Crippen LogP contribution in [0.5, 0.6) is 0 Å². The van der Waals surface area contributed by atoms with Crippen molar-refractivity contribution in [2.24, 2.45) is 0 Å². The zero-order valence-corrected chi connectivity index (χ0v) is 18.2. The van der Waals surface area contributed by atoms with Gasteiger partial charge >= 0.3 is 5.97 Å². The van der Waals surface area contributed by atoms with E-state index in [1.54, 1.807) is 25.1 Å². The van der Waals surface area contributed by atoms with Gasteiger partial charge in [-0.05, 0) is 49.7 Å². The number of ketones is 1. The van der Waals surface area contributed by atoms with Gasteiger partial charge in [-0.25, -0.2) is 17.6 Å². The molecule has 1 aromatic heterocycles. The van der Waals surface area contributed by atoms with Gasteiger partial charge in [0.2, 0.25) is 5.78 Å². The number of nitrogens with zero attached hydrogens (tertiary/aromatic N) is 1. The van der Waals surface area contributed by atoms with Crippen LogP contribution in [0, 0.1) is 19.7 Å². The summed E-state index contributed by atoms with van der Waals surface area (Å²) in [5.74, 6) is -1.60. The molecule has 162 valence electrons. The Kier molecular flexibility index (Phi) is 6.40. The molecule has 0 amide bonds. The highest BCUT2D eigenvalue weighted by atomic mass is 32.2. The van der Waals surface area contributed by atoms with Gasteiger partial charge in [-0.1, -0.05) is 24.3 Å². The van der Waals surface area contributed by atoms with Crippen molar-refractivity contribution in [3.63, 3.8) is 0 Å². The zero-order valence-electron chi connectivity index (χ0n) is 17.4. The number of aromatic nitrogens is 1. The van der Waals surface area contributed by atoms with Crippen molar-refractivity contribution in [3.05, 3.63) is 88.5 Å². The number of esters is 1. The van der Waals surface area contributed by atoms with Gasteiger partial charge < -0.3 is 9.30 Å². The lowest BCUT2D eigenvalue weighted by atomic mass is 10.1. The molecule has 0 aliphatic rings. The largest absolute Gasteiger partial charge is 0.454 e. The Bertz CT molecular complexity index is 1240. The molecule has 1 heterocycles. The van der Waals surface area contributed by atoms with Gasteiger partial charge in [0.1, 0.15) is 5.82 Å². The Morgan fingerprint density at radius 3 is 2.29 bits per heavy atom. The van der Waals surface area contributed by atoms with E-state index in [-0.39, 0.29) is 16.3 Å². The Morgan fingerprint density at radius 2 is 1.65 bits per heavy atom. The highest BCUT2D eigenvalue weighted by Gasteiger charge is 2.22. The van der Waals surface area contributed by atoms with E-state index in [4.69, 9.17) is 4.74 Å². The van der Waals surface area contributed by atoms with E-state index in [0.29, 0.717) is 17.8 Å². The average Bonchev–Trinajstić information content (AvgIpc) is 3.01. The van der Waals surface area contributed by atoms with Gasteiger partial charge in [-0.3, -0.25) is 4.79 Å². The third kappa shape index (κ3) is 5.08. The average molecular weight is 443 g/mol. The number of ether oxygens (including phenoxy) is 1. The molecule has 0 N–H and O–H groups in total. The molecular weight excluding hydrogens is 421 g/mol.